The largest absolute Gasteiger partial charge is 0.485 e. The van der Waals surface area contributed by atoms with E-state index in [0.29, 0.717) is 29.4 Å². The molecule has 1 aliphatic rings. The zero-order valence-corrected chi connectivity index (χ0v) is 13.4. The zero-order valence-electron chi connectivity index (χ0n) is 13.4. The van der Waals surface area contributed by atoms with E-state index in [1.165, 1.54) is 13.2 Å². The van der Waals surface area contributed by atoms with E-state index < -0.39 is 12.0 Å². The summed E-state index contributed by atoms with van der Waals surface area (Å²) in [6.07, 6.45) is 0.614. The average Bonchev–Trinajstić information content (AvgIpc) is 3.03. The van der Waals surface area contributed by atoms with Crippen LogP contribution in [0.25, 0.3) is 0 Å². The van der Waals surface area contributed by atoms with Gasteiger partial charge in [-0.1, -0.05) is 12.1 Å². The Kier molecular flexibility index (Phi) is 4.37. The molecule has 126 valence electrons. The summed E-state index contributed by atoms with van der Waals surface area (Å²) in [6.45, 7) is 2.47. The Morgan fingerprint density at radius 3 is 2.79 bits per heavy atom. The van der Waals surface area contributed by atoms with Crippen LogP contribution in [0.4, 0.5) is 5.82 Å². The summed E-state index contributed by atoms with van der Waals surface area (Å²) in [4.78, 5) is 24.4. The maximum Gasteiger partial charge on any atom is 0.270 e. The molecule has 0 saturated heterocycles. The highest BCUT2D eigenvalue weighted by Crippen LogP contribution is 2.31. The molecule has 0 radical (unpaired) electrons. The first-order valence-electron chi connectivity index (χ1n) is 7.61. The van der Waals surface area contributed by atoms with Gasteiger partial charge in [0, 0.05) is 13.6 Å². The highest BCUT2D eigenvalue weighted by molar-refractivity contribution is 6.03. The van der Waals surface area contributed by atoms with Crippen molar-refractivity contribution in [3.63, 3.8) is 0 Å². The van der Waals surface area contributed by atoms with Crippen LogP contribution in [0.15, 0.2) is 30.5 Å². The Morgan fingerprint density at radius 1 is 1.33 bits per heavy atom. The molecule has 1 aromatic carbocycles. The number of nitrogens with one attached hydrogen (secondary N) is 2. The normalized spacial score (nSPS) is 15.7. The highest BCUT2D eigenvalue weighted by atomic mass is 16.6. The second-order valence-electron chi connectivity index (χ2n) is 5.16. The van der Waals surface area contributed by atoms with Gasteiger partial charge in [0.15, 0.2) is 11.5 Å². The Bertz CT molecular complexity index is 771. The van der Waals surface area contributed by atoms with Crippen molar-refractivity contribution in [3.8, 4) is 11.5 Å². The number of hydrogen-bond acceptors (Lipinski definition) is 5. The number of carbonyl (C=O) groups is 2. The molecule has 0 aliphatic carbocycles. The third kappa shape index (κ3) is 2.90. The molecule has 24 heavy (non-hydrogen) atoms. The van der Waals surface area contributed by atoms with Crippen molar-refractivity contribution in [1.82, 2.24) is 15.1 Å². The topological polar surface area (TPSA) is 94.5 Å². The molecule has 0 saturated carbocycles. The third-order valence-electron chi connectivity index (χ3n) is 3.65. The number of amides is 2. The van der Waals surface area contributed by atoms with E-state index in [0.717, 1.165) is 0 Å². The molecule has 2 amide bonds. The number of para-hydroxylation sites is 2. The van der Waals surface area contributed by atoms with Crippen LogP contribution in [0.5, 0.6) is 11.5 Å². The van der Waals surface area contributed by atoms with Crippen LogP contribution < -0.4 is 20.1 Å². The second-order valence-corrected chi connectivity index (χ2v) is 5.16. The Morgan fingerprint density at radius 2 is 2.08 bits per heavy atom. The van der Waals surface area contributed by atoms with Crippen molar-refractivity contribution in [1.29, 1.82) is 0 Å². The molecular weight excluding hydrogens is 312 g/mol. The number of hydrogen-bond donors (Lipinski definition) is 2. The van der Waals surface area contributed by atoms with Gasteiger partial charge in [-0.15, -0.1) is 0 Å². The third-order valence-corrected chi connectivity index (χ3v) is 3.65. The van der Waals surface area contributed by atoms with Gasteiger partial charge < -0.3 is 20.1 Å². The molecule has 1 atom stereocenters. The molecule has 0 fully saturated rings. The maximum absolute atomic E-state index is 12.5. The van der Waals surface area contributed by atoms with Crippen molar-refractivity contribution in [2.24, 2.45) is 0 Å². The minimum Gasteiger partial charge on any atom is -0.485 e. The quantitative estimate of drug-likeness (QED) is 0.873. The van der Waals surface area contributed by atoms with Crippen LogP contribution >= 0.6 is 0 Å². The predicted molar refractivity (Wildman–Crippen MR) is 86.3 cm³/mol. The molecule has 3 rings (SSSR count). The summed E-state index contributed by atoms with van der Waals surface area (Å²) in [5.41, 5.74) is 0.296. The number of ether oxygens (including phenoxy) is 2. The number of fused-ring (bicyclic) bond motifs is 1. The second kappa shape index (κ2) is 6.61. The molecule has 2 heterocycles. The van der Waals surface area contributed by atoms with Crippen LogP contribution in [-0.2, 0) is 11.3 Å². The molecule has 2 N–H and O–H groups in total. The molecule has 2 aromatic rings. The summed E-state index contributed by atoms with van der Waals surface area (Å²) in [5.74, 6) is 0.732. The zero-order chi connectivity index (χ0) is 17.1. The van der Waals surface area contributed by atoms with Gasteiger partial charge in [-0.05, 0) is 19.1 Å². The molecule has 0 spiro atoms. The summed E-state index contributed by atoms with van der Waals surface area (Å²) < 4.78 is 12.8. The first-order chi connectivity index (χ1) is 11.6. The van der Waals surface area contributed by atoms with E-state index >= 15 is 0 Å². The Hall–Kier alpha value is -3.03. The molecule has 8 nitrogen and oxygen atoms in total. The van der Waals surface area contributed by atoms with Crippen LogP contribution in [0.1, 0.15) is 17.3 Å². The summed E-state index contributed by atoms with van der Waals surface area (Å²) >= 11 is 0. The van der Waals surface area contributed by atoms with Gasteiger partial charge in [-0.3, -0.25) is 9.59 Å². The van der Waals surface area contributed by atoms with E-state index in [1.54, 1.807) is 22.9 Å². The lowest BCUT2D eigenvalue weighted by Gasteiger charge is -2.25. The van der Waals surface area contributed by atoms with Crippen LogP contribution in [0, 0.1) is 0 Å². The molecule has 1 aromatic heterocycles. The fraction of sp³-hybridized carbons (Fsp3) is 0.312. The van der Waals surface area contributed by atoms with E-state index in [4.69, 9.17) is 9.47 Å². The van der Waals surface area contributed by atoms with Crippen molar-refractivity contribution < 1.29 is 19.1 Å². The van der Waals surface area contributed by atoms with Gasteiger partial charge in [-0.25, -0.2) is 4.68 Å². The molecule has 8 heteroatoms. The molecule has 1 aliphatic heterocycles. The molecule has 0 bridgehead atoms. The van der Waals surface area contributed by atoms with Gasteiger partial charge >= 0.3 is 0 Å². The van der Waals surface area contributed by atoms with Crippen molar-refractivity contribution in [3.05, 3.63) is 36.0 Å². The number of carbonyl (C=O) groups excluding carboxylic acids is 2. The number of anilines is 1. The van der Waals surface area contributed by atoms with Crippen molar-refractivity contribution in [2.45, 2.75) is 19.6 Å². The van der Waals surface area contributed by atoms with Crippen LogP contribution in [0.2, 0.25) is 0 Å². The fourth-order valence-electron chi connectivity index (χ4n) is 2.40. The number of rotatable bonds is 4. The average molecular weight is 330 g/mol. The number of aromatic nitrogens is 2. The fourth-order valence-corrected chi connectivity index (χ4v) is 2.40. The number of aryl methyl sites for hydroxylation is 1. The molecule has 1 unspecified atom stereocenters. The lowest BCUT2D eigenvalue weighted by atomic mass is 10.2. The lowest BCUT2D eigenvalue weighted by molar-refractivity contribution is -0.125. The number of nitrogens with zero attached hydrogens (tertiary/aromatic N) is 2. The van der Waals surface area contributed by atoms with Crippen molar-refractivity contribution >= 4 is 17.6 Å². The minimum atomic E-state index is -0.808. The van der Waals surface area contributed by atoms with Gasteiger partial charge in [0.05, 0.1) is 6.20 Å². The van der Waals surface area contributed by atoms with E-state index in [2.05, 4.69) is 15.7 Å². The van der Waals surface area contributed by atoms with E-state index in [9.17, 15) is 9.59 Å². The number of benzene rings is 1. The first kappa shape index (κ1) is 15.9. The standard InChI is InChI=1S/C16H18N4O4/c1-3-20-14(10(8-18-20)15(21)17-2)19-16(22)13-9-23-11-6-4-5-7-12(11)24-13/h4-8,13H,3,9H2,1-2H3,(H,17,21)(H,19,22). The van der Waals surface area contributed by atoms with Gasteiger partial charge in [0.25, 0.3) is 11.8 Å². The van der Waals surface area contributed by atoms with Crippen molar-refractivity contribution in [2.75, 3.05) is 19.0 Å². The van der Waals surface area contributed by atoms with Crippen LogP contribution in [-0.4, -0.2) is 41.4 Å². The van der Waals surface area contributed by atoms with Gasteiger partial charge in [-0.2, -0.15) is 5.10 Å². The lowest BCUT2D eigenvalue weighted by Crippen LogP contribution is -2.41. The van der Waals surface area contributed by atoms with Gasteiger partial charge in [0.1, 0.15) is 18.0 Å². The van der Waals surface area contributed by atoms with E-state index in [-0.39, 0.29) is 12.5 Å². The Labute approximate surface area is 138 Å². The summed E-state index contributed by atoms with van der Waals surface area (Å²) in [5, 5.41) is 9.35. The summed E-state index contributed by atoms with van der Waals surface area (Å²) in [7, 11) is 1.52. The summed E-state index contributed by atoms with van der Waals surface area (Å²) in [6, 6.07) is 7.15. The first-order valence-corrected chi connectivity index (χ1v) is 7.61. The predicted octanol–water partition coefficient (Wildman–Crippen LogP) is 1.04. The van der Waals surface area contributed by atoms with Crippen LogP contribution in [0.3, 0.4) is 0 Å². The van der Waals surface area contributed by atoms with E-state index in [1.807, 2.05) is 13.0 Å². The molecular formula is C16H18N4O4. The van der Waals surface area contributed by atoms with Gasteiger partial charge in [0.2, 0.25) is 6.10 Å². The Balaban J connectivity index is 1.78. The minimum absolute atomic E-state index is 0.0957. The smallest absolute Gasteiger partial charge is 0.270 e. The SMILES string of the molecule is CCn1ncc(C(=O)NC)c1NC(=O)C1COc2ccccc2O1. The highest BCUT2D eigenvalue weighted by Gasteiger charge is 2.29. The monoisotopic (exact) mass is 330 g/mol. The maximum atomic E-state index is 12.5.